The molecule has 13 heteroatoms. The van der Waals surface area contributed by atoms with Crippen molar-refractivity contribution in [1.82, 2.24) is 24.8 Å². The molecule has 13 nitrogen and oxygen atoms in total. The van der Waals surface area contributed by atoms with Crippen molar-refractivity contribution >= 4 is 35.1 Å². The van der Waals surface area contributed by atoms with Crippen LogP contribution < -0.4 is 16.6 Å². The van der Waals surface area contributed by atoms with E-state index in [-0.39, 0.29) is 49.1 Å². The second kappa shape index (κ2) is 13.2. The topological polar surface area (TPSA) is 181 Å². The Morgan fingerprint density at radius 3 is 2.42 bits per heavy atom. The lowest BCUT2D eigenvalue weighted by Gasteiger charge is -2.20. The molecule has 4 N–H and O–H groups in total. The fourth-order valence-corrected chi connectivity index (χ4v) is 3.36. The first-order valence-corrected chi connectivity index (χ1v) is 12.1. The van der Waals surface area contributed by atoms with Crippen LogP contribution in [0, 0.1) is 11.8 Å². The van der Waals surface area contributed by atoms with Gasteiger partial charge in [0.1, 0.15) is 12.6 Å². The van der Waals surface area contributed by atoms with Crippen molar-refractivity contribution in [3.8, 4) is 0 Å². The Morgan fingerprint density at radius 1 is 1.05 bits per heavy atom. The summed E-state index contributed by atoms with van der Waals surface area (Å²) in [4.78, 5) is 59.2. The van der Waals surface area contributed by atoms with Gasteiger partial charge in [-0.15, -0.1) is 0 Å². The molecule has 2 atom stereocenters. The lowest BCUT2D eigenvalue weighted by Crippen LogP contribution is -2.40. The molecule has 0 bridgehead atoms. The van der Waals surface area contributed by atoms with Crippen LogP contribution in [0.3, 0.4) is 0 Å². The number of nitrogens with zero attached hydrogens (tertiary/aromatic N) is 3. The predicted octanol–water partition coefficient (Wildman–Crippen LogP) is 1.77. The summed E-state index contributed by atoms with van der Waals surface area (Å²) in [7, 11) is 0. The number of nitrogens with two attached hydrogens (primary N) is 1. The zero-order valence-corrected chi connectivity index (χ0v) is 21.5. The van der Waals surface area contributed by atoms with E-state index in [1.165, 1.54) is 13.3 Å². The molecule has 0 radical (unpaired) electrons. The number of fused-ring (bicyclic) bond motifs is 1. The number of amides is 1. The molecule has 0 saturated carbocycles. The van der Waals surface area contributed by atoms with Crippen LogP contribution in [-0.2, 0) is 37.0 Å². The second-order valence-corrected chi connectivity index (χ2v) is 9.06. The van der Waals surface area contributed by atoms with E-state index in [9.17, 15) is 19.2 Å². The van der Waals surface area contributed by atoms with Gasteiger partial charge in [-0.1, -0.05) is 44.2 Å². The van der Waals surface area contributed by atoms with E-state index < -0.39 is 23.7 Å². The molecule has 3 aromatic rings. The number of benzene rings is 1. The number of rotatable bonds is 12. The number of hydrogen-bond donors (Lipinski definition) is 3. The number of anilines is 1. The Labute approximate surface area is 218 Å². The zero-order chi connectivity index (χ0) is 27.7. The van der Waals surface area contributed by atoms with Gasteiger partial charge in [-0.2, -0.15) is 4.98 Å². The maximum atomic E-state index is 12.5. The molecule has 1 aromatic carbocycles. The number of aryl methyl sites for hydroxylation is 1. The minimum atomic E-state index is -0.964. The third-order valence-corrected chi connectivity index (χ3v) is 5.57. The fraction of sp³-hybridized carbons (Fsp3) is 0.440. The summed E-state index contributed by atoms with van der Waals surface area (Å²) in [6, 6.07) is 8.16. The summed E-state index contributed by atoms with van der Waals surface area (Å²) in [5.74, 6) is -1.79. The molecule has 2 aromatic heterocycles. The van der Waals surface area contributed by atoms with Crippen LogP contribution >= 0.6 is 0 Å². The molecule has 0 aliphatic carbocycles. The lowest BCUT2D eigenvalue weighted by molar-refractivity contribution is -0.152. The Balaban J connectivity index is 1.55. The molecule has 0 spiro atoms. The maximum Gasteiger partial charge on any atom is 0.408 e. The van der Waals surface area contributed by atoms with Gasteiger partial charge in [0.15, 0.2) is 11.2 Å². The summed E-state index contributed by atoms with van der Waals surface area (Å²) in [5.41, 5.74) is 6.47. The number of imidazole rings is 1. The predicted molar refractivity (Wildman–Crippen MR) is 137 cm³/mol. The van der Waals surface area contributed by atoms with Crippen molar-refractivity contribution in [1.29, 1.82) is 0 Å². The number of nitrogen functional groups attached to an aromatic ring is 1. The third kappa shape index (κ3) is 8.05. The number of aromatic nitrogens is 4. The van der Waals surface area contributed by atoms with Crippen LogP contribution in [0.4, 0.5) is 10.7 Å². The van der Waals surface area contributed by atoms with Crippen LogP contribution in [0.5, 0.6) is 0 Å². The lowest BCUT2D eigenvalue weighted by atomic mass is 10.1. The van der Waals surface area contributed by atoms with Gasteiger partial charge < -0.3 is 29.8 Å². The molecule has 3 rings (SSSR count). The van der Waals surface area contributed by atoms with Gasteiger partial charge in [-0.05, 0) is 18.9 Å². The number of esters is 2. The molecule has 0 aliphatic heterocycles. The van der Waals surface area contributed by atoms with E-state index in [4.69, 9.17) is 19.9 Å². The molecule has 1 amide bonds. The van der Waals surface area contributed by atoms with Gasteiger partial charge >= 0.3 is 18.0 Å². The summed E-state index contributed by atoms with van der Waals surface area (Å²) in [6.07, 6.45) is 1.11. The smallest absolute Gasteiger partial charge is 0.408 e. The summed E-state index contributed by atoms with van der Waals surface area (Å²) in [6.45, 7) is 5.25. The van der Waals surface area contributed by atoms with E-state index in [1.54, 1.807) is 18.4 Å². The Morgan fingerprint density at radius 2 is 1.74 bits per heavy atom. The molecule has 204 valence electrons. The highest BCUT2D eigenvalue weighted by Gasteiger charge is 2.22. The second-order valence-electron chi connectivity index (χ2n) is 9.06. The van der Waals surface area contributed by atoms with Crippen molar-refractivity contribution < 1.29 is 28.6 Å². The van der Waals surface area contributed by atoms with Gasteiger partial charge in [0.2, 0.25) is 5.95 Å². The van der Waals surface area contributed by atoms with Crippen LogP contribution in [0.15, 0.2) is 41.5 Å². The number of alkyl carbamates (subject to hydrolysis) is 1. The number of hydrogen-bond acceptors (Lipinski definition) is 10. The standard InChI is InChI=1S/C25H32N6O7/c1-15(2)22(33)36-12-18(9-10-31-14-27-19-20(31)29-24(26)30-21(19)32)13-37-23(34)16(3)28-25(35)38-11-17-7-5-4-6-8-17/h4-8,14-16,18H,9-13H2,1-3H3,(H,28,35)(H3,26,29,30,32)/t16-,18?/m0/s1. The molecule has 2 heterocycles. The fourth-order valence-electron chi connectivity index (χ4n) is 3.36. The van der Waals surface area contributed by atoms with Crippen molar-refractivity contribution in [3.05, 3.63) is 52.6 Å². The van der Waals surface area contributed by atoms with Gasteiger partial charge in [0.05, 0.1) is 25.5 Å². The molecule has 38 heavy (non-hydrogen) atoms. The number of ether oxygens (including phenoxy) is 3. The molecule has 0 aliphatic rings. The van der Waals surface area contributed by atoms with Gasteiger partial charge in [-0.25, -0.2) is 14.6 Å². The van der Waals surface area contributed by atoms with E-state index >= 15 is 0 Å². The first-order chi connectivity index (χ1) is 18.1. The average Bonchev–Trinajstić information content (AvgIpc) is 3.30. The van der Waals surface area contributed by atoms with E-state index in [1.807, 2.05) is 30.3 Å². The van der Waals surface area contributed by atoms with Gasteiger partial charge in [-0.3, -0.25) is 14.6 Å². The first kappa shape index (κ1) is 28.2. The molecule has 0 fully saturated rings. The minimum Gasteiger partial charge on any atom is -0.465 e. The molecular weight excluding hydrogens is 496 g/mol. The van der Waals surface area contributed by atoms with Gasteiger partial charge in [0, 0.05) is 12.5 Å². The van der Waals surface area contributed by atoms with Crippen molar-refractivity contribution in [3.63, 3.8) is 0 Å². The van der Waals surface area contributed by atoms with Gasteiger partial charge in [0.25, 0.3) is 5.56 Å². The molecule has 1 unspecified atom stereocenters. The molecule has 0 saturated heterocycles. The van der Waals surface area contributed by atoms with E-state index in [0.29, 0.717) is 18.6 Å². The number of aromatic amines is 1. The first-order valence-electron chi connectivity index (χ1n) is 12.1. The largest absolute Gasteiger partial charge is 0.465 e. The minimum absolute atomic E-state index is 0.00794. The van der Waals surface area contributed by atoms with E-state index in [0.717, 1.165) is 5.56 Å². The average molecular weight is 529 g/mol. The summed E-state index contributed by atoms with van der Waals surface area (Å²) < 4.78 is 17.5. The highest BCUT2D eigenvalue weighted by atomic mass is 16.6. The monoisotopic (exact) mass is 528 g/mol. The number of nitrogens with one attached hydrogen (secondary N) is 2. The number of carbonyl (C=O) groups excluding carboxylic acids is 3. The summed E-state index contributed by atoms with van der Waals surface area (Å²) >= 11 is 0. The Bertz CT molecular complexity index is 1300. The number of carbonyl (C=O) groups is 3. The number of H-pyrrole nitrogens is 1. The van der Waals surface area contributed by atoms with E-state index in [2.05, 4.69) is 20.3 Å². The Kier molecular flexibility index (Phi) is 9.79. The van der Waals surface area contributed by atoms with Crippen LogP contribution in [-0.4, -0.2) is 56.8 Å². The van der Waals surface area contributed by atoms with Crippen molar-refractivity contribution in [2.45, 2.75) is 46.4 Å². The highest BCUT2D eigenvalue weighted by Crippen LogP contribution is 2.13. The third-order valence-electron chi connectivity index (χ3n) is 5.57. The van der Waals surface area contributed by atoms with Crippen LogP contribution in [0.2, 0.25) is 0 Å². The van der Waals surface area contributed by atoms with Crippen molar-refractivity contribution in [2.75, 3.05) is 18.9 Å². The zero-order valence-electron chi connectivity index (χ0n) is 21.5. The molecular formula is C25H32N6O7. The van der Waals surface area contributed by atoms with Crippen LogP contribution in [0.1, 0.15) is 32.8 Å². The quantitative estimate of drug-likeness (QED) is 0.231. The SMILES string of the molecule is CC(C)C(=O)OCC(CCn1cnc2c(=O)[nH]c(N)nc21)COC(=O)[C@H](C)NC(=O)OCc1ccccc1. The highest BCUT2D eigenvalue weighted by molar-refractivity contribution is 5.80. The normalized spacial score (nSPS) is 12.6. The maximum absolute atomic E-state index is 12.5. The summed E-state index contributed by atoms with van der Waals surface area (Å²) in [5, 5.41) is 2.44. The Hall–Kier alpha value is -4.42. The van der Waals surface area contributed by atoms with Crippen molar-refractivity contribution in [2.24, 2.45) is 11.8 Å². The van der Waals surface area contributed by atoms with Crippen LogP contribution in [0.25, 0.3) is 11.2 Å².